The van der Waals surface area contributed by atoms with E-state index in [9.17, 15) is 4.39 Å². The number of rotatable bonds is 5. The third-order valence-corrected chi connectivity index (χ3v) is 4.43. The van der Waals surface area contributed by atoms with Crippen LogP contribution < -0.4 is 5.32 Å². The van der Waals surface area contributed by atoms with Crippen molar-refractivity contribution in [1.82, 2.24) is 19.6 Å². The van der Waals surface area contributed by atoms with E-state index in [4.69, 9.17) is 0 Å². The largest absolute Gasteiger partial charge is 0.360 e. The van der Waals surface area contributed by atoms with Crippen LogP contribution in [0.25, 0.3) is 16.2 Å². The minimum absolute atomic E-state index is 0.270. The fraction of sp³-hybridized carbons (Fsp3) is 0.118. The summed E-state index contributed by atoms with van der Waals surface area (Å²) in [5, 5.41) is 8.55. The molecule has 7 heteroatoms. The van der Waals surface area contributed by atoms with Gasteiger partial charge in [0.2, 0.25) is 10.1 Å². The highest BCUT2D eigenvalue weighted by atomic mass is 32.1. The van der Waals surface area contributed by atoms with E-state index in [1.807, 2.05) is 30.5 Å². The van der Waals surface area contributed by atoms with Gasteiger partial charge in [-0.05, 0) is 24.3 Å². The van der Waals surface area contributed by atoms with Crippen molar-refractivity contribution in [2.24, 2.45) is 0 Å². The molecule has 0 atom stereocenters. The third kappa shape index (κ3) is 3.11. The Bertz CT molecular complexity index is 932. The molecule has 120 valence electrons. The first kappa shape index (κ1) is 14.8. The Labute approximate surface area is 141 Å². The number of pyridine rings is 1. The van der Waals surface area contributed by atoms with E-state index in [1.54, 1.807) is 16.8 Å². The lowest BCUT2D eigenvalue weighted by Crippen LogP contribution is -2.05. The monoisotopic (exact) mass is 339 g/mol. The van der Waals surface area contributed by atoms with Crippen LogP contribution in [-0.4, -0.2) is 26.1 Å². The second kappa shape index (κ2) is 6.37. The zero-order chi connectivity index (χ0) is 16.4. The second-order valence-corrected chi connectivity index (χ2v) is 6.22. The van der Waals surface area contributed by atoms with Gasteiger partial charge < -0.3 is 5.32 Å². The number of nitrogens with one attached hydrogen (secondary N) is 1. The summed E-state index contributed by atoms with van der Waals surface area (Å²) in [6.45, 7) is 0.754. The topological polar surface area (TPSA) is 55.1 Å². The average Bonchev–Trinajstić information content (AvgIpc) is 3.14. The first-order chi connectivity index (χ1) is 11.8. The van der Waals surface area contributed by atoms with E-state index in [0.29, 0.717) is 5.69 Å². The zero-order valence-electron chi connectivity index (χ0n) is 12.7. The van der Waals surface area contributed by atoms with E-state index >= 15 is 0 Å². The van der Waals surface area contributed by atoms with Gasteiger partial charge in [0, 0.05) is 30.4 Å². The summed E-state index contributed by atoms with van der Waals surface area (Å²) in [4.78, 5) is 9.57. The summed E-state index contributed by atoms with van der Waals surface area (Å²) in [6.07, 6.45) is 4.43. The number of benzene rings is 1. The molecule has 0 unspecified atom stereocenters. The minimum Gasteiger partial charge on any atom is -0.360 e. The molecule has 1 N–H and O–H groups in total. The normalized spacial score (nSPS) is 11.0. The van der Waals surface area contributed by atoms with Gasteiger partial charge >= 0.3 is 0 Å². The fourth-order valence-electron chi connectivity index (χ4n) is 2.40. The van der Waals surface area contributed by atoms with Crippen LogP contribution in [0.1, 0.15) is 5.69 Å². The van der Waals surface area contributed by atoms with Crippen LogP contribution in [0.15, 0.2) is 54.9 Å². The molecule has 0 aliphatic heterocycles. The Balaban J connectivity index is 1.46. The molecule has 0 saturated carbocycles. The Hall–Kier alpha value is -2.80. The molecular formula is C17H14FN5S. The van der Waals surface area contributed by atoms with Crippen molar-refractivity contribution in [3.05, 3.63) is 66.4 Å². The van der Waals surface area contributed by atoms with E-state index in [2.05, 4.69) is 20.4 Å². The van der Waals surface area contributed by atoms with Gasteiger partial charge in [-0.2, -0.15) is 0 Å². The Morgan fingerprint density at radius 1 is 1.17 bits per heavy atom. The van der Waals surface area contributed by atoms with Gasteiger partial charge in [0.15, 0.2) is 0 Å². The molecule has 3 heterocycles. The molecule has 4 aromatic rings. The first-order valence-electron chi connectivity index (χ1n) is 7.54. The lowest BCUT2D eigenvalue weighted by Gasteiger charge is -2.01. The number of halogens is 1. The number of hydrogen-bond donors (Lipinski definition) is 1. The number of imidazole rings is 1. The van der Waals surface area contributed by atoms with Crippen molar-refractivity contribution in [2.45, 2.75) is 6.42 Å². The Morgan fingerprint density at radius 2 is 2.12 bits per heavy atom. The smallest absolute Gasteiger partial charge is 0.214 e. The van der Waals surface area contributed by atoms with Gasteiger partial charge in [0.25, 0.3) is 0 Å². The molecule has 4 rings (SSSR count). The number of aromatic nitrogens is 4. The van der Waals surface area contributed by atoms with Crippen LogP contribution in [0, 0.1) is 5.82 Å². The van der Waals surface area contributed by atoms with Crippen LogP contribution in [0.2, 0.25) is 0 Å². The van der Waals surface area contributed by atoms with Crippen molar-refractivity contribution in [3.63, 3.8) is 0 Å². The SMILES string of the molecule is Fc1cccc(-c2cn3nc(NCCc4ccccn4)sc3n2)c1. The number of anilines is 1. The van der Waals surface area contributed by atoms with Crippen LogP contribution in [0.3, 0.4) is 0 Å². The lowest BCUT2D eigenvalue weighted by molar-refractivity contribution is 0.628. The molecule has 0 aliphatic rings. The molecule has 24 heavy (non-hydrogen) atoms. The molecule has 1 aromatic carbocycles. The van der Waals surface area contributed by atoms with Crippen LogP contribution in [0.4, 0.5) is 9.52 Å². The van der Waals surface area contributed by atoms with Crippen molar-refractivity contribution >= 4 is 21.4 Å². The molecule has 3 aromatic heterocycles. The van der Waals surface area contributed by atoms with Gasteiger partial charge in [-0.3, -0.25) is 4.98 Å². The van der Waals surface area contributed by atoms with E-state index in [0.717, 1.165) is 34.3 Å². The zero-order valence-corrected chi connectivity index (χ0v) is 13.5. The van der Waals surface area contributed by atoms with Crippen LogP contribution >= 0.6 is 11.3 Å². The Morgan fingerprint density at radius 3 is 2.92 bits per heavy atom. The standard InChI is InChI=1S/C17H14FN5S/c18-13-5-3-4-12(10-13)15-11-23-17(21-15)24-16(22-23)20-9-7-14-6-1-2-8-19-14/h1-6,8,10-11H,7,9H2,(H,20,22). The van der Waals surface area contributed by atoms with Crippen molar-refractivity contribution in [2.75, 3.05) is 11.9 Å². The summed E-state index contributed by atoms with van der Waals surface area (Å²) in [7, 11) is 0. The summed E-state index contributed by atoms with van der Waals surface area (Å²) in [5.74, 6) is -0.270. The predicted octanol–water partition coefficient (Wildman–Crippen LogP) is 3.65. The highest BCUT2D eigenvalue weighted by Gasteiger charge is 2.10. The van der Waals surface area contributed by atoms with E-state index in [-0.39, 0.29) is 5.82 Å². The van der Waals surface area contributed by atoms with E-state index in [1.165, 1.54) is 23.5 Å². The Kier molecular flexibility index (Phi) is 3.92. The molecule has 5 nitrogen and oxygen atoms in total. The molecule has 0 aliphatic carbocycles. The molecule has 0 bridgehead atoms. The lowest BCUT2D eigenvalue weighted by atomic mass is 10.2. The minimum atomic E-state index is -0.270. The van der Waals surface area contributed by atoms with Crippen LogP contribution in [-0.2, 0) is 6.42 Å². The van der Waals surface area contributed by atoms with E-state index < -0.39 is 0 Å². The molecule has 0 spiro atoms. The van der Waals surface area contributed by atoms with Gasteiger partial charge in [-0.1, -0.05) is 29.5 Å². The summed E-state index contributed by atoms with van der Waals surface area (Å²) in [5.41, 5.74) is 2.50. The highest BCUT2D eigenvalue weighted by molar-refractivity contribution is 7.20. The number of hydrogen-bond acceptors (Lipinski definition) is 5. The quantitative estimate of drug-likeness (QED) is 0.603. The molecular weight excluding hydrogens is 325 g/mol. The number of fused-ring (bicyclic) bond motifs is 1. The summed E-state index contributed by atoms with van der Waals surface area (Å²) in [6, 6.07) is 12.3. The maximum atomic E-state index is 13.3. The fourth-order valence-corrected chi connectivity index (χ4v) is 3.21. The molecule has 0 radical (unpaired) electrons. The van der Waals surface area contributed by atoms with Gasteiger partial charge in [-0.15, -0.1) is 5.10 Å². The molecule has 0 fully saturated rings. The predicted molar refractivity (Wildman–Crippen MR) is 92.7 cm³/mol. The van der Waals surface area contributed by atoms with Crippen molar-refractivity contribution < 1.29 is 4.39 Å². The second-order valence-electron chi connectivity index (χ2n) is 5.27. The maximum absolute atomic E-state index is 13.3. The third-order valence-electron chi connectivity index (χ3n) is 3.55. The average molecular weight is 339 g/mol. The molecule has 0 amide bonds. The van der Waals surface area contributed by atoms with Gasteiger partial charge in [0.05, 0.1) is 11.9 Å². The van der Waals surface area contributed by atoms with Gasteiger partial charge in [0.1, 0.15) is 5.82 Å². The van der Waals surface area contributed by atoms with Crippen molar-refractivity contribution in [3.8, 4) is 11.3 Å². The number of nitrogens with zero attached hydrogens (tertiary/aromatic N) is 4. The summed E-state index contributed by atoms with van der Waals surface area (Å²) >= 11 is 1.47. The summed E-state index contributed by atoms with van der Waals surface area (Å²) < 4.78 is 15.0. The molecule has 0 saturated heterocycles. The first-order valence-corrected chi connectivity index (χ1v) is 8.35. The van der Waals surface area contributed by atoms with Crippen molar-refractivity contribution in [1.29, 1.82) is 0 Å². The highest BCUT2D eigenvalue weighted by Crippen LogP contribution is 2.24. The maximum Gasteiger partial charge on any atom is 0.214 e. The van der Waals surface area contributed by atoms with Gasteiger partial charge in [-0.25, -0.2) is 13.9 Å². The van der Waals surface area contributed by atoms with Crippen LogP contribution in [0.5, 0.6) is 0 Å².